The van der Waals surface area contributed by atoms with Gasteiger partial charge in [0.1, 0.15) is 0 Å². The molecule has 1 heterocycles. The number of hydrogen-bond acceptors (Lipinski definition) is 3. The van der Waals surface area contributed by atoms with Crippen molar-refractivity contribution >= 4 is 17.1 Å². The van der Waals surface area contributed by atoms with Crippen molar-refractivity contribution in [2.24, 2.45) is 0 Å². The number of rotatable bonds is 8. The molecule has 100 valence electrons. The summed E-state index contributed by atoms with van der Waals surface area (Å²) in [6.45, 7) is 1.39. The van der Waals surface area contributed by atoms with Crippen LogP contribution in [0.2, 0.25) is 0 Å². The first kappa shape index (κ1) is 14.0. The topological polar surface area (TPSA) is 26.3 Å². The highest BCUT2D eigenvalue weighted by molar-refractivity contribution is 7.09. The molecule has 0 aliphatic heterocycles. The zero-order valence-corrected chi connectivity index (χ0v) is 11.7. The van der Waals surface area contributed by atoms with Gasteiger partial charge in [-0.2, -0.15) is 0 Å². The van der Waals surface area contributed by atoms with Gasteiger partial charge in [0.25, 0.3) is 0 Å². The lowest BCUT2D eigenvalue weighted by Crippen LogP contribution is -2.03. The first-order chi connectivity index (χ1) is 9.36. The van der Waals surface area contributed by atoms with Gasteiger partial charge in [-0.15, -0.1) is 11.3 Å². The Morgan fingerprint density at radius 2 is 1.89 bits per heavy atom. The minimum absolute atomic E-state index is 0.197. The molecule has 0 aliphatic rings. The molecule has 0 amide bonds. The number of carbonyl (C=O) groups is 1. The van der Waals surface area contributed by atoms with Crippen LogP contribution in [0.3, 0.4) is 0 Å². The quantitative estimate of drug-likeness (QED) is 0.538. The van der Waals surface area contributed by atoms with Gasteiger partial charge in [-0.05, 0) is 17.9 Å². The Labute approximate surface area is 118 Å². The van der Waals surface area contributed by atoms with Crippen LogP contribution >= 0.6 is 11.3 Å². The third-order valence-corrected chi connectivity index (χ3v) is 3.80. The lowest BCUT2D eigenvalue weighted by atomic mass is 10.1. The largest absolute Gasteiger partial charge is 0.381 e. The van der Waals surface area contributed by atoms with E-state index in [4.69, 9.17) is 4.74 Å². The predicted octanol–water partition coefficient (Wildman–Crippen LogP) is 3.97. The maximum absolute atomic E-state index is 11.8. The van der Waals surface area contributed by atoms with Crippen molar-refractivity contribution in [2.45, 2.75) is 19.3 Å². The minimum atomic E-state index is 0.197. The summed E-state index contributed by atoms with van der Waals surface area (Å²) in [6, 6.07) is 13.6. The monoisotopic (exact) mass is 274 g/mol. The van der Waals surface area contributed by atoms with Gasteiger partial charge in [0.2, 0.25) is 0 Å². The van der Waals surface area contributed by atoms with Gasteiger partial charge in [0.05, 0.1) is 6.61 Å². The van der Waals surface area contributed by atoms with Crippen LogP contribution < -0.4 is 0 Å². The second-order valence-electron chi connectivity index (χ2n) is 4.33. The van der Waals surface area contributed by atoms with E-state index in [1.54, 1.807) is 11.3 Å². The van der Waals surface area contributed by atoms with Crippen molar-refractivity contribution < 1.29 is 9.53 Å². The van der Waals surface area contributed by atoms with E-state index in [1.165, 1.54) is 4.88 Å². The van der Waals surface area contributed by atoms with E-state index in [2.05, 4.69) is 17.5 Å². The molecule has 1 aromatic carbocycles. The normalized spacial score (nSPS) is 10.5. The molecule has 0 aliphatic carbocycles. The number of thiophene rings is 1. The molecule has 2 rings (SSSR count). The number of Topliss-reactive ketones (excluding diaryl/α,β-unsaturated/α-hetero) is 1. The van der Waals surface area contributed by atoms with Gasteiger partial charge in [-0.25, -0.2) is 0 Å². The molecule has 0 bridgehead atoms. The highest BCUT2D eigenvalue weighted by Gasteiger charge is 2.04. The Bertz CT molecular complexity index is 477. The molecular weight excluding hydrogens is 256 g/mol. The van der Waals surface area contributed by atoms with Gasteiger partial charge in [0.15, 0.2) is 5.78 Å². The summed E-state index contributed by atoms with van der Waals surface area (Å²) in [5.74, 6) is 0.197. The molecule has 2 nitrogen and oxygen atoms in total. The molecule has 1 aromatic heterocycles. The van der Waals surface area contributed by atoms with Crippen molar-refractivity contribution in [1.82, 2.24) is 0 Å². The summed E-state index contributed by atoms with van der Waals surface area (Å²) in [5.41, 5.74) is 0.793. The standard InChI is InChI=1S/C16H18O2S/c17-16(14-6-2-1-3-7-14)9-4-11-18-12-10-15-8-5-13-19-15/h1-3,5-8,13H,4,9-12H2. The molecule has 0 fully saturated rings. The Balaban J connectivity index is 1.56. The smallest absolute Gasteiger partial charge is 0.162 e. The van der Waals surface area contributed by atoms with E-state index in [1.807, 2.05) is 30.3 Å². The van der Waals surface area contributed by atoms with Crippen LogP contribution in [0.15, 0.2) is 47.8 Å². The van der Waals surface area contributed by atoms with E-state index in [9.17, 15) is 4.79 Å². The molecule has 0 atom stereocenters. The van der Waals surface area contributed by atoms with E-state index in [0.717, 1.165) is 25.0 Å². The fourth-order valence-electron chi connectivity index (χ4n) is 1.83. The van der Waals surface area contributed by atoms with Crippen LogP contribution in [0, 0.1) is 0 Å². The molecule has 0 unspecified atom stereocenters. The minimum Gasteiger partial charge on any atom is -0.381 e. The van der Waals surface area contributed by atoms with Crippen LogP contribution in [-0.2, 0) is 11.2 Å². The molecule has 2 aromatic rings. The van der Waals surface area contributed by atoms with Gasteiger partial charge < -0.3 is 4.74 Å². The molecule has 0 saturated carbocycles. The second-order valence-corrected chi connectivity index (χ2v) is 5.37. The zero-order valence-electron chi connectivity index (χ0n) is 10.9. The van der Waals surface area contributed by atoms with E-state index in [0.29, 0.717) is 13.0 Å². The number of ether oxygens (including phenoxy) is 1. The Morgan fingerprint density at radius 3 is 2.63 bits per heavy atom. The summed E-state index contributed by atoms with van der Waals surface area (Å²) in [5, 5.41) is 2.08. The average Bonchev–Trinajstić information content (AvgIpc) is 2.96. The SMILES string of the molecule is O=C(CCCOCCc1cccs1)c1ccccc1. The Hall–Kier alpha value is -1.45. The summed E-state index contributed by atoms with van der Waals surface area (Å²) >= 11 is 1.75. The lowest BCUT2D eigenvalue weighted by Gasteiger charge is -2.03. The third kappa shape index (κ3) is 4.97. The van der Waals surface area contributed by atoms with E-state index < -0.39 is 0 Å². The van der Waals surface area contributed by atoms with Crippen molar-refractivity contribution in [1.29, 1.82) is 0 Å². The van der Waals surface area contributed by atoms with Gasteiger partial charge >= 0.3 is 0 Å². The van der Waals surface area contributed by atoms with Crippen LogP contribution in [-0.4, -0.2) is 19.0 Å². The van der Waals surface area contributed by atoms with E-state index >= 15 is 0 Å². The molecule has 0 spiro atoms. The fourth-order valence-corrected chi connectivity index (χ4v) is 2.52. The average molecular weight is 274 g/mol. The fraction of sp³-hybridized carbons (Fsp3) is 0.312. The number of carbonyl (C=O) groups excluding carboxylic acids is 1. The van der Waals surface area contributed by atoms with Crippen molar-refractivity contribution in [3.8, 4) is 0 Å². The van der Waals surface area contributed by atoms with Gasteiger partial charge in [-0.3, -0.25) is 4.79 Å². The maximum atomic E-state index is 11.8. The van der Waals surface area contributed by atoms with Crippen LogP contribution in [0.1, 0.15) is 28.1 Å². The second kappa shape index (κ2) is 7.87. The number of hydrogen-bond donors (Lipinski definition) is 0. The third-order valence-electron chi connectivity index (χ3n) is 2.86. The van der Waals surface area contributed by atoms with Crippen LogP contribution in [0.5, 0.6) is 0 Å². The van der Waals surface area contributed by atoms with Crippen LogP contribution in [0.4, 0.5) is 0 Å². The highest BCUT2D eigenvalue weighted by Crippen LogP contribution is 2.09. The molecule has 3 heteroatoms. The van der Waals surface area contributed by atoms with Crippen molar-refractivity contribution in [3.05, 3.63) is 58.3 Å². The molecule has 19 heavy (non-hydrogen) atoms. The first-order valence-electron chi connectivity index (χ1n) is 6.54. The predicted molar refractivity (Wildman–Crippen MR) is 78.8 cm³/mol. The Morgan fingerprint density at radius 1 is 1.05 bits per heavy atom. The van der Waals surface area contributed by atoms with Crippen LogP contribution in [0.25, 0.3) is 0 Å². The number of ketones is 1. The van der Waals surface area contributed by atoms with Crippen molar-refractivity contribution in [2.75, 3.05) is 13.2 Å². The Kier molecular flexibility index (Phi) is 5.79. The molecule has 0 radical (unpaired) electrons. The highest BCUT2D eigenvalue weighted by atomic mass is 32.1. The molecule has 0 saturated heterocycles. The van der Waals surface area contributed by atoms with Gasteiger partial charge in [-0.1, -0.05) is 36.4 Å². The summed E-state index contributed by atoms with van der Waals surface area (Å²) < 4.78 is 5.55. The zero-order chi connectivity index (χ0) is 13.3. The molecule has 0 N–H and O–H groups in total. The summed E-state index contributed by atoms with van der Waals surface area (Å²) in [7, 11) is 0. The summed E-state index contributed by atoms with van der Waals surface area (Å²) in [4.78, 5) is 13.2. The number of benzene rings is 1. The van der Waals surface area contributed by atoms with Crippen molar-refractivity contribution in [3.63, 3.8) is 0 Å². The van der Waals surface area contributed by atoms with Gasteiger partial charge in [0, 0.05) is 29.9 Å². The lowest BCUT2D eigenvalue weighted by molar-refractivity contribution is 0.0940. The maximum Gasteiger partial charge on any atom is 0.162 e. The van der Waals surface area contributed by atoms with E-state index in [-0.39, 0.29) is 5.78 Å². The molecular formula is C16H18O2S. The first-order valence-corrected chi connectivity index (χ1v) is 7.42. The summed E-state index contributed by atoms with van der Waals surface area (Å²) in [6.07, 6.45) is 2.31.